The van der Waals surface area contributed by atoms with E-state index in [0.29, 0.717) is 10.9 Å². The molecule has 0 fully saturated rings. The number of hydrogen-bond acceptors (Lipinski definition) is 5. The molecule has 1 N–H and O–H groups in total. The number of rotatable bonds is 2. The van der Waals surface area contributed by atoms with Crippen LogP contribution in [-0.2, 0) is 0 Å². The second-order valence-electron chi connectivity index (χ2n) is 2.94. The van der Waals surface area contributed by atoms with E-state index in [9.17, 15) is 4.79 Å². The zero-order chi connectivity index (χ0) is 11.5. The largest absolute Gasteiger partial charge is 0.408 e. The number of halogens is 1. The van der Waals surface area contributed by atoms with Crippen molar-refractivity contribution in [3.8, 4) is 0 Å². The fourth-order valence-electron chi connectivity index (χ4n) is 1.06. The molecular weight excluding hydrogens is 232 g/mol. The van der Waals surface area contributed by atoms with Gasteiger partial charge in [0.1, 0.15) is 0 Å². The van der Waals surface area contributed by atoms with E-state index in [0.717, 1.165) is 0 Å². The minimum Gasteiger partial charge on any atom is -0.408 e. The summed E-state index contributed by atoms with van der Waals surface area (Å²) in [6.45, 7) is 1.62. The van der Waals surface area contributed by atoms with Gasteiger partial charge in [0.2, 0.25) is 5.89 Å². The van der Waals surface area contributed by atoms with Crippen LogP contribution in [0.3, 0.4) is 0 Å². The van der Waals surface area contributed by atoms with Gasteiger partial charge in [-0.25, -0.2) is 0 Å². The molecule has 0 aliphatic rings. The van der Waals surface area contributed by atoms with Crippen molar-refractivity contribution in [3.05, 3.63) is 34.9 Å². The van der Waals surface area contributed by atoms with Crippen LogP contribution in [-0.4, -0.2) is 21.1 Å². The van der Waals surface area contributed by atoms with Crippen molar-refractivity contribution in [3.63, 3.8) is 0 Å². The Morgan fingerprint density at radius 3 is 2.94 bits per heavy atom. The van der Waals surface area contributed by atoms with Gasteiger partial charge in [0.25, 0.3) is 5.91 Å². The molecule has 0 spiro atoms. The Kier molecular flexibility index (Phi) is 2.82. The lowest BCUT2D eigenvalue weighted by atomic mass is 10.3. The Morgan fingerprint density at radius 2 is 2.31 bits per heavy atom. The fourth-order valence-corrected chi connectivity index (χ4v) is 1.25. The lowest BCUT2D eigenvalue weighted by molar-refractivity contribution is 0.102. The van der Waals surface area contributed by atoms with Crippen LogP contribution in [0.4, 0.5) is 6.01 Å². The van der Waals surface area contributed by atoms with Gasteiger partial charge in [-0.1, -0.05) is 16.7 Å². The van der Waals surface area contributed by atoms with Crippen molar-refractivity contribution in [1.29, 1.82) is 0 Å². The van der Waals surface area contributed by atoms with Crippen LogP contribution >= 0.6 is 11.6 Å². The minimum atomic E-state index is -0.443. The number of anilines is 1. The Morgan fingerprint density at radius 1 is 1.50 bits per heavy atom. The van der Waals surface area contributed by atoms with Gasteiger partial charge >= 0.3 is 6.01 Å². The highest BCUT2D eigenvalue weighted by atomic mass is 35.5. The van der Waals surface area contributed by atoms with E-state index < -0.39 is 5.91 Å². The first-order valence-electron chi connectivity index (χ1n) is 4.38. The van der Waals surface area contributed by atoms with Crippen molar-refractivity contribution < 1.29 is 9.21 Å². The number of nitrogens with zero attached hydrogens (tertiary/aromatic N) is 3. The number of nitrogens with one attached hydrogen (secondary N) is 1. The van der Waals surface area contributed by atoms with E-state index in [4.69, 9.17) is 16.0 Å². The lowest BCUT2D eigenvalue weighted by Gasteiger charge is -2.01. The topological polar surface area (TPSA) is 80.9 Å². The summed E-state index contributed by atoms with van der Waals surface area (Å²) in [5.74, 6) is -0.0747. The Bertz CT molecular complexity index is 526. The molecule has 0 aliphatic heterocycles. The van der Waals surface area contributed by atoms with Crippen LogP contribution in [0.2, 0.25) is 5.02 Å². The molecule has 0 saturated heterocycles. The summed E-state index contributed by atoms with van der Waals surface area (Å²) < 4.78 is 5.00. The summed E-state index contributed by atoms with van der Waals surface area (Å²) in [5, 5.41) is 9.93. The van der Waals surface area contributed by atoms with Crippen LogP contribution < -0.4 is 5.32 Å². The third kappa shape index (κ3) is 2.17. The van der Waals surface area contributed by atoms with Crippen LogP contribution in [0, 0.1) is 6.92 Å². The van der Waals surface area contributed by atoms with Gasteiger partial charge in [0.15, 0.2) is 0 Å². The molecule has 82 valence electrons. The van der Waals surface area contributed by atoms with Crippen LogP contribution in [0.15, 0.2) is 22.9 Å². The first-order valence-corrected chi connectivity index (χ1v) is 4.75. The highest BCUT2D eigenvalue weighted by molar-refractivity contribution is 6.34. The summed E-state index contributed by atoms with van der Waals surface area (Å²) in [6, 6.07) is 1.55. The number of amides is 1. The van der Waals surface area contributed by atoms with Gasteiger partial charge in [0, 0.05) is 19.3 Å². The Labute approximate surface area is 95.7 Å². The molecular formula is C9H7ClN4O2. The Hall–Kier alpha value is -1.95. The van der Waals surface area contributed by atoms with Gasteiger partial charge in [-0.15, -0.1) is 5.10 Å². The van der Waals surface area contributed by atoms with Gasteiger partial charge < -0.3 is 4.42 Å². The maximum atomic E-state index is 11.7. The molecule has 0 saturated carbocycles. The molecule has 2 aromatic rings. The van der Waals surface area contributed by atoms with Crippen molar-refractivity contribution in [2.45, 2.75) is 6.92 Å². The van der Waals surface area contributed by atoms with E-state index in [1.165, 1.54) is 18.5 Å². The van der Waals surface area contributed by atoms with E-state index in [1.54, 1.807) is 6.92 Å². The molecule has 2 aromatic heterocycles. The maximum absolute atomic E-state index is 11.7. The number of aryl methyl sites for hydroxylation is 1. The molecule has 2 rings (SSSR count). The van der Waals surface area contributed by atoms with E-state index in [2.05, 4.69) is 20.5 Å². The smallest absolute Gasteiger partial charge is 0.322 e. The minimum absolute atomic E-state index is 0.0300. The second-order valence-corrected chi connectivity index (χ2v) is 3.34. The standard InChI is InChI=1S/C9H7ClN4O2/c1-5-13-14-9(16-5)12-8(15)6-4-11-3-2-7(6)10/h2-4H,1H3,(H,12,14,15). The number of pyridine rings is 1. The van der Waals surface area contributed by atoms with E-state index >= 15 is 0 Å². The van der Waals surface area contributed by atoms with Crippen molar-refractivity contribution in [2.24, 2.45) is 0 Å². The first kappa shape index (κ1) is 10.6. The first-order chi connectivity index (χ1) is 7.66. The summed E-state index contributed by atoms with van der Waals surface area (Å²) in [7, 11) is 0. The molecule has 0 radical (unpaired) electrons. The zero-order valence-corrected chi connectivity index (χ0v) is 9.02. The molecule has 0 aliphatic carbocycles. The third-order valence-corrected chi connectivity index (χ3v) is 2.09. The number of carbonyl (C=O) groups excluding carboxylic acids is 1. The predicted molar refractivity (Wildman–Crippen MR) is 56.2 cm³/mol. The predicted octanol–water partition coefficient (Wildman–Crippen LogP) is 1.68. The quantitative estimate of drug-likeness (QED) is 0.861. The van der Waals surface area contributed by atoms with Crippen molar-refractivity contribution in [2.75, 3.05) is 5.32 Å². The normalized spacial score (nSPS) is 10.1. The second kappa shape index (κ2) is 4.28. The summed E-state index contributed by atoms with van der Waals surface area (Å²) in [6.07, 6.45) is 2.86. The maximum Gasteiger partial charge on any atom is 0.322 e. The average molecular weight is 239 g/mol. The molecule has 2 heterocycles. The summed E-state index contributed by atoms with van der Waals surface area (Å²) in [5.41, 5.74) is 0.250. The molecule has 0 atom stereocenters. The molecule has 0 bridgehead atoms. The highest BCUT2D eigenvalue weighted by Crippen LogP contribution is 2.15. The van der Waals surface area contributed by atoms with Gasteiger partial charge in [-0.05, 0) is 6.07 Å². The molecule has 1 amide bonds. The zero-order valence-electron chi connectivity index (χ0n) is 8.27. The highest BCUT2D eigenvalue weighted by Gasteiger charge is 2.13. The van der Waals surface area contributed by atoms with Crippen LogP contribution in [0.5, 0.6) is 0 Å². The van der Waals surface area contributed by atoms with Gasteiger partial charge in [0.05, 0.1) is 10.6 Å². The summed E-state index contributed by atoms with van der Waals surface area (Å²) >= 11 is 5.82. The van der Waals surface area contributed by atoms with Crippen molar-refractivity contribution in [1.82, 2.24) is 15.2 Å². The van der Waals surface area contributed by atoms with E-state index in [1.807, 2.05) is 0 Å². The number of hydrogen-bond donors (Lipinski definition) is 1. The molecule has 7 heteroatoms. The lowest BCUT2D eigenvalue weighted by Crippen LogP contribution is -2.13. The molecule has 16 heavy (non-hydrogen) atoms. The molecule has 0 aromatic carbocycles. The van der Waals surface area contributed by atoms with Gasteiger partial charge in [-0.2, -0.15) is 0 Å². The fraction of sp³-hybridized carbons (Fsp3) is 0.111. The average Bonchev–Trinajstić information content (AvgIpc) is 2.64. The molecule has 6 nitrogen and oxygen atoms in total. The Balaban J connectivity index is 2.18. The van der Waals surface area contributed by atoms with Crippen LogP contribution in [0.1, 0.15) is 16.2 Å². The summed E-state index contributed by atoms with van der Waals surface area (Å²) in [4.78, 5) is 15.5. The monoisotopic (exact) mass is 238 g/mol. The number of aromatic nitrogens is 3. The van der Waals surface area contributed by atoms with Crippen LogP contribution in [0.25, 0.3) is 0 Å². The van der Waals surface area contributed by atoms with Gasteiger partial charge in [-0.3, -0.25) is 15.1 Å². The number of carbonyl (C=O) groups is 1. The third-order valence-electron chi connectivity index (χ3n) is 1.76. The molecule has 0 unspecified atom stereocenters. The van der Waals surface area contributed by atoms with E-state index in [-0.39, 0.29) is 11.6 Å². The van der Waals surface area contributed by atoms with Crippen molar-refractivity contribution >= 4 is 23.5 Å². The SMILES string of the molecule is Cc1nnc(NC(=O)c2cnccc2Cl)o1.